The minimum Gasteiger partial charge on any atom is -0.303 e. The minimum absolute atomic E-state index is 0.142. The molecule has 0 atom stereocenters. The summed E-state index contributed by atoms with van der Waals surface area (Å²) in [5.74, 6) is -1.66. The van der Waals surface area contributed by atoms with Crippen molar-refractivity contribution >= 4 is 6.29 Å². The molecule has 0 N–H and O–H groups in total. The third-order valence-corrected chi connectivity index (χ3v) is 6.39. The third-order valence-electron chi connectivity index (χ3n) is 6.39. The molecule has 4 heteroatoms. The van der Waals surface area contributed by atoms with Gasteiger partial charge in [-0.05, 0) is 86.8 Å². The van der Waals surface area contributed by atoms with Gasteiger partial charge in [-0.15, -0.1) is 0 Å². The Balaban J connectivity index is 1.44. The lowest BCUT2D eigenvalue weighted by Gasteiger charge is -2.31. The van der Waals surface area contributed by atoms with Crippen LogP contribution in [0.5, 0.6) is 0 Å². The highest BCUT2D eigenvalue weighted by atomic mass is 19.2. The first-order chi connectivity index (χ1) is 12.1. The Kier molecular flexibility index (Phi) is 6.19. The van der Waals surface area contributed by atoms with Crippen LogP contribution in [0.3, 0.4) is 0 Å². The van der Waals surface area contributed by atoms with Crippen LogP contribution in [0.2, 0.25) is 0 Å². The molecular weight excluding hydrogens is 325 g/mol. The minimum atomic E-state index is -1.37. The number of rotatable bonds is 5. The number of benzene rings is 1. The van der Waals surface area contributed by atoms with Crippen LogP contribution >= 0.6 is 0 Å². The molecule has 138 valence electrons. The standard InChI is InChI=1S/C21H27F3O/c22-19-11-18(12-20(23)21(19)24)17-9-7-15(8-10-17)2-1-14-3-5-16(13-25)6-4-14/h11-17H,1-10H2. The van der Waals surface area contributed by atoms with Crippen LogP contribution in [-0.4, -0.2) is 6.29 Å². The average Bonchev–Trinajstić information content (AvgIpc) is 2.65. The van der Waals surface area contributed by atoms with Crippen molar-refractivity contribution in [1.29, 1.82) is 0 Å². The van der Waals surface area contributed by atoms with Gasteiger partial charge in [0.1, 0.15) is 6.29 Å². The SMILES string of the molecule is O=CC1CCC(CCC2CCC(c3cc(F)c(F)c(F)c3)CC2)CC1. The van der Waals surface area contributed by atoms with Crippen molar-refractivity contribution in [2.45, 2.75) is 70.1 Å². The number of carbonyl (C=O) groups excluding carboxylic acids is 1. The van der Waals surface area contributed by atoms with Gasteiger partial charge in [0, 0.05) is 5.92 Å². The quantitative estimate of drug-likeness (QED) is 0.458. The van der Waals surface area contributed by atoms with Crippen LogP contribution in [0.1, 0.15) is 75.7 Å². The number of halogens is 3. The highest BCUT2D eigenvalue weighted by molar-refractivity contribution is 5.53. The molecule has 0 saturated heterocycles. The van der Waals surface area contributed by atoms with Crippen molar-refractivity contribution in [1.82, 2.24) is 0 Å². The molecule has 1 aromatic carbocycles. The van der Waals surface area contributed by atoms with E-state index < -0.39 is 17.5 Å². The van der Waals surface area contributed by atoms with E-state index in [1.807, 2.05) is 0 Å². The van der Waals surface area contributed by atoms with Gasteiger partial charge in [0.15, 0.2) is 17.5 Å². The number of carbonyl (C=O) groups is 1. The first kappa shape index (κ1) is 18.5. The van der Waals surface area contributed by atoms with E-state index in [0.29, 0.717) is 11.5 Å². The van der Waals surface area contributed by atoms with E-state index in [1.54, 1.807) is 0 Å². The first-order valence-electron chi connectivity index (χ1n) is 9.66. The first-order valence-corrected chi connectivity index (χ1v) is 9.66. The van der Waals surface area contributed by atoms with E-state index >= 15 is 0 Å². The van der Waals surface area contributed by atoms with Crippen LogP contribution in [0.15, 0.2) is 12.1 Å². The summed E-state index contributed by atoms with van der Waals surface area (Å²) in [5, 5.41) is 0. The normalized spacial score (nSPS) is 30.2. The van der Waals surface area contributed by atoms with Gasteiger partial charge in [0.05, 0.1) is 0 Å². The summed E-state index contributed by atoms with van der Waals surface area (Å²) in [6.45, 7) is 0. The van der Waals surface area contributed by atoms with Crippen molar-refractivity contribution in [3.05, 3.63) is 35.1 Å². The molecule has 0 unspecified atom stereocenters. The van der Waals surface area contributed by atoms with Gasteiger partial charge in [-0.2, -0.15) is 0 Å². The van der Waals surface area contributed by atoms with Crippen LogP contribution < -0.4 is 0 Å². The van der Waals surface area contributed by atoms with Gasteiger partial charge in [0.2, 0.25) is 0 Å². The summed E-state index contributed by atoms with van der Waals surface area (Å²) < 4.78 is 39.9. The summed E-state index contributed by atoms with van der Waals surface area (Å²) in [5.41, 5.74) is 0.599. The van der Waals surface area contributed by atoms with Crippen LogP contribution in [-0.2, 0) is 4.79 Å². The maximum Gasteiger partial charge on any atom is 0.194 e. The fraction of sp³-hybridized carbons (Fsp3) is 0.667. The summed E-state index contributed by atoms with van der Waals surface area (Å²) in [7, 11) is 0. The molecule has 0 spiro atoms. The Bertz CT molecular complexity index is 562. The lowest BCUT2D eigenvalue weighted by Crippen LogP contribution is -2.18. The fourth-order valence-electron chi connectivity index (χ4n) is 4.68. The third kappa shape index (κ3) is 4.65. The number of aldehydes is 1. The summed E-state index contributed by atoms with van der Waals surface area (Å²) in [6.07, 6.45) is 12.0. The van der Waals surface area contributed by atoms with Gasteiger partial charge in [-0.1, -0.05) is 12.8 Å². The summed E-state index contributed by atoms with van der Waals surface area (Å²) in [4.78, 5) is 10.8. The van der Waals surface area contributed by atoms with E-state index in [-0.39, 0.29) is 11.8 Å². The van der Waals surface area contributed by atoms with E-state index in [1.165, 1.54) is 25.7 Å². The van der Waals surface area contributed by atoms with Crippen molar-refractivity contribution in [3.63, 3.8) is 0 Å². The van der Waals surface area contributed by atoms with Crippen molar-refractivity contribution in [3.8, 4) is 0 Å². The molecule has 0 bridgehead atoms. The highest BCUT2D eigenvalue weighted by Crippen LogP contribution is 2.40. The Labute approximate surface area is 148 Å². The highest BCUT2D eigenvalue weighted by Gasteiger charge is 2.26. The molecular formula is C21H27F3O. The second-order valence-electron chi connectivity index (χ2n) is 8.01. The maximum absolute atomic E-state index is 13.4. The number of hydrogen-bond donors (Lipinski definition) is 0. The predicted octanol–water partition coefficient (Wildman–Crippen LogP) is 6.16. The molecule has 0 aliphatic heterocycles. The van der Waals surface area contributed by atoms with Crippen LogP contribution in [0, 0.1) is 35.2 Å². The molecule has 0 heterocycles. The Morgan fingerprint density at radius 1 is 0.800 bits per heavy atom. The van der Waals surface area contributed by atoms with Crippen molar-refractivity contribution < 1.29 is 18.0 Å². The van der Waals surface area contributed by atoms with Gasteiger partial charge >= 0.3 is 0 Å². The molecule has 2 fully saturated rings. The molecule has 2 saturated carbocycles. The van der Waals surface area contributed by atoms with E-state index in [2.05, 4.69) is 0 Å². The van der Waals surface area contributed by atoms with Gasteiger partial charge in [-0.25, -0.2) is 13.2 Å². The Hall–Kier alpha value is -1.32. The molecule has 2 aliphatic carbocycles. The van der Waals surface area contributed by atoms with Crippen molar-refractivity contribution in [2.75, 3.05) is 0 Å². The lowest BCUT2D eigenvalue weighted by atomic mass is 9.74. The van der Waals surface area contributed by atoms with Gasteiger partial charge < -0.3 is 4.79 Å². The Morgan fingerprint density at radius 3 is 1.76 bits per heavy atom. The van der Waals surface area contributed by atoms with Crippen LogP contribution in [0.4, 0.5) is 13.2 Å². The second-order valence-corrected chi connectivity index (χ2v) is 8.01. The van der Waals surface area contributed by atoms with E-state index in [4.69, 9.17) is 0 Å². The molecule has 25 heavy (non-hydrogen) atoms. The summed E-state index contributed by atoms with van der Waals surface area (Å²) >= 11 is 0. The zero-order chi connectivity index (χ0) is 17.8. The lowest BCUT2D eigenvalue weighted by molar-refractivity contribution is -0.112. The van der Waals surface area contributed by atoms with E-state index in [9.17, 15) is 18.0 Å². The second kappa shape index (κ2) is 8.37. The van der Waals surface area contributed by atoms with Crippen LogP contribution in [0.25, 0.3) is 0 Å². The van der Waals surface area contributed by atoms with Crippen molar-refractivity contribution in [2.24, 2.45) is 17.8 Å². The molecule has 3 rings (SSSR count). The molecule has 0 amide bonds. The largest absolute Gasteiger partial charge is 0.303 e. The molecule has 1 nitrogen and oxygen atoms in total. The maximum atomic E-state index is 13.4. The topological polar surface area (TPSA) is 17.1 Å². The zero-order valence-electron chi connectivity index (χ0n) is 14.7. The zero-order valence-corrected chi connectivity index (χ0v) is 14.7. The smallest absolute Gasteiger partial charge is 0.194 e. The monoisotopic (exact) mass is 352 g/mol. The van der Waals surface area contributed by atoms with Gasteiger partial charge in [-0.3, -0.25) is 0 Å². The van der Waals surface area contributed by atoms with E-state index in [0.717, 1.165) is 62.9 Å². The molecule has 0 radical (unpaired) electrons. The predicted molar refractivity (Wildman–Crippen MR) is 91.8 cm³/mol. The fourth-order valence-corrected chi connectivity index (χ4v) is 4.68. The molecule has 1 aromatic rings. The summed E-state index contributed by atoms with van der Waals surface area (Å²) in [6, 6.07) is 2.32. The Morgan fingerprint density at radius 2 is 1.28 bits per heavy atom. The number of hydrogen-bond acceptors (Lipinski definition) is 1. The molecule has 0 aromatic heterocycles. The molecule has 2 aliphatic rings. The average molecular weight is 352 g/mol. The van der Waals surface area contributed by atoms with Gasteiger partial charge in [0.25, 0.3) is 0 Å².